The van der Waals surface area contributed by atoms with Gasteiger partial charge in [0.05, 0.1) is 11.6 Å². The number of rotatable bonds is 2. The number of halogens is 3. The number of hydrogen-bond acceptors (Lipinski definition) is 2. The van der Waals surface area contributed by atoms with Crippen LogP contribution in [0.1, 0.15) is 11.4 Å². The van der Waals surface area contributed by atoms with Crippen LogP contribution in [0.25, 0.3) is 16.9 Å². The van der Waals surface area contributed by atoms with E-state index in [1.54, 1.807) is 22.9 Å². The highest BCUT2D eigenvalue weighted by atomic mass is 79.9. The molecule has 1 aromatic carbocycles. The number of benzene rings is 1. The summed E-state index contributed by atoms with van der Waals surface area (Å²) in [5.74, 6) is 0.388. The van der Waals surface area contributed by atoms with E-state index >= 15 is 0 Å². The summed E-state index contributed by atoms with van der Waals surface area (Å²) in [4.78, 5) is 8.79. The third-order valence-electron chi connectivity index (χ3n) is 3.10. The van der Waals surface area contributed by atoms with Gasteiger partial charge >= 0.3 is 0 Å². The fourth-order valence-corrected chi connectivity index (χ4v) is 2.87. The normalized spacial score (nSPS) is 11.2. The van der Waals surface area contributed by atoms with Gasteiger partial charge < -0.3 is 0 Å². The van der Waals surface area contributed by atoms with Crippen molar-refractivity contribution in [3.8, 4) is 5.69 Å². The number of nitrogens with zero attached hydrogens (tertiary/aromatic N) is 3. The van der Waals surface area contributed by atoms with Gasteiger partial charge in [-0.1, -0.05) is 6.07 Å². The Hall–Kier alpha value is -1.46. The van der Waals surface area contributed by atoms with Crippen LogP contribution in [0.15, 0.2) is 34.9 Å². The van der Waals surface area contributed by atoms with Gasteiger partial charge in [0, 0.05) is 10.7 Å². The van der Waals surface area contributed by atoms with E-state index in [4.69, 9.17) is 11.6 Å². The lowest BCUT2D eigenvalue weighted by Gasteiger charge is -2.10. The predicted octanol–water partition coefficient (Wildman–Crippen LogP) is 4.37. The molecule has 0 saturated carbocycles. The van der Waals surface area contributed by atoms with Gasteiger partial charge in [-0.2, -0.15) is 0 Å². The second-order valence-electron chi connectivity index (χ2n) is 4.37. The molecule has 0 bridgehead atoms. The number of fused-ring (bicyclic) bond motifs is 1. The SMILES string of the molecule is Cc1ccnc2c1nc(CCl)n2-c1c(F)cccc1Br. The van der Waals surface area contributed by atoms with Gasteiger partial charge in [0.1, 0.15) is 17.2 Å². The summed E-state index contributed by atoms with van der Waals surface area (Å²) < 4.78 is 16.5. The molecule has 3 nitrogen and oxygen atoms in total. The highest BCUT2D eigenvalue weighted by Gasteiger charge is 2.18. The molecule has 2 aromatic heterocycles. The fraction of sp³-hybridized carbons (Fsp3) is 0.143. The molecule has 102 valence electrons. The minimum Gasteiger partial charge on any atom is -0.276 e. The molecule has 0 amide bonds. The van der Waals surface area contributed by atoms with E-state index in [0.717, 1.165) is 11.1 Å². The monoisotopic (exact) mass is 353 g/mol. The maximum absolute atomic E-state index is 14.2. The highest BCUT2D eigenvalue weighted by Crippen LogP contribution is 2.29. The van der Waals surface area contributed by atoms with E-state index in [9.17, 15) is 4.39 Å². The lowest BCUT2D eigenvalue weighted by atomic mass is 10.2. The van der Waals surface area contributed by atoms with Crippen LogP contribution < -0.4 is 0 Å². The largest absolute Gasteiger partial charge is 0.276 e. The first-order valence-electron chi connectivity index (χ1n) is 5.96. The third kappa shape index (κ3) is 2.01. The molecule has 6 heteroatoms. The topological polar surface area (TPSA) is 30.7 Å². The lowest BCUT2D eigenvalue weighted by Crippen LogP contribution is -2.04. The van der Waals surface area contributed by atoms with Gasteiger partial charge in [-0.05, 0) is 46.6 Å². The minimum absolute atomic E-state index is 0.177. The van der Waals surface area contributed by atoms with Gasteiger partial charge in [-0.3, -0.25) is 4.57 Å². The number of aryl methyl sites for hydroxylation is 1. The zero-order valence-electron chi connectivity index (χ0n) is 10.6. The Bertz CT molecular complexity index is 780. The van der Waals surface area contributed by atoms with Crippen LogP contribution in [0.5, 0.6) is 0 Å². The molecule has 0 saturated heterocycles. The smallest absolute Gasteiger partial charge is 0.165 e. The van der Waals surface area contributed by atoms with Crippen molar-refractivity contribution in [1.82, 2.24) is 14.5 Å². The molecule has 0 unspecified atom stereocenters. The van der Waals surface area contributed by atoms with Crippen molar-refractivity contribution in [2.45, 2.75) is 12.8 Å². The summed E-state index contributed by atoms with van der Waals surface area (Å²) in [6.07, 6.45) is 1.68. The number of alkyl halides is 1. The van der Waals surface area contributed by atoms with Crippen molar-refractivity contribution in [3.05, 3.63) is 52.1 Å². The van der Waals surface area contributed by atoms with Gasteiger partial charge in [0.25, 0.3) is 0 Å². The van der Waals surface area contributed by atoms with Crippen LogP contribution in [-0.4, -0.2) is 14.5 Å². The molecule has 0 aliphatic heterocycles. The van der Waals surface area contributed by atoms with Crippen molar-refractivity contribution in [3.63, 3.8) is 0 Å². The first kappa shape index (κ1) is 13.5. The highest BCUT2D eigenvalue weighted by molar-refractivity contribution is 9.10. The van der Waals surface area contributed by atoms with E-state index in [1.807, 2.05) is 13.0 Å². The first-order chi connectivity index (χ1) is 9.63. The van der Waals surface area contributed by atoms with Gasteiger partial charge in [-0.15, -0.1) is 11.6 Å². The van der Waals surface area contributed by atoms with Crippen LogP contribution >= 0.6 is 27.5 Å². The molecule has 0 spiro atoms. The van der Waals surface area contributed by atoms with Gasteiger partial charge in [0.15, 0.2) is 5.65 Å². The van der Waals surface area contributed by atoms with E-state index in [-0.39, 0.29) is 11.7 Å². The summed E-state index contributed by atoms with van der Waals surface area (Å²) in [6, 6.07) is 6.69. The molecular weight excluding hydrogens is 345 g/mol. The quantitative estimate of drug-likeness (QED) is 0.640. The van der Waals surface area contributed by atoms with Crippen molar-refractivity contribution in [2.75, 3.05) is 0 Å². The molecule has 0 aliphatic rings. The Morgan fingerprint density at radius 1 is 1.35 bits per heavy atom. The molecule has 3 aromatic rings. The van der Waals surface area contributed by atoms with Crippen molar-refractivity contribution in [1.29, 1.82) is 0 Å². The Morgan fingerprint density at radius 2 is 2.15 bits per heavy atom. The summed E-state index contributed by atoms with van der Waals surface area (Å²) in [7, 11) is 0. The molecule has 0 fully saturated rings. The first-order valence-corrected chi connectivity index (χ1v) is 7.29. The van der Waals surface area contributed by atoms with Crippen LogP contribution in [-0.2, 0) is 5.88 Å². The lowest BCUT2D eigenvalue weighted by molar-refractivity contribution is 0.616. The molecule has 3 rings (SSSR count). The van der Waals surface area contributed by atoms with Crippen molar-refractivity contribution < 1.29 is 4.39 Å². The van der Waals surface area contributed by atoms with Crippen molar-refractivity contribution in [2.24, 2.45) is 0 Å². The van der Waals surface area contributed by atoms with Gasteiger partial charge in [-0.25, -0.2) is 14.4 Å². The van der Waals surface area contributed by atoms with E-state index in [1.165, 1.54) is 6.07 Å². The van der Waals surface area contributed by atoms with Crippen molar-refractivity contribution >= 4 is 38.7 Å². The Morgan fingerprint density at radius 3 is 2.85 bits per heavy atom. The Kier molecular flexibility index (Phi) is 3.48. The molecule has 0 atom stereocenters. The van der Waals surface area contributed by atoms with Crippen LogP contribution in [0.3, 0.4) is 0 Å². The van der Waals surface area contributed by atoms with Crippen LogP contribution in [0, 0.1) is 12.7 Å². The number of hydrogen-bond donors (Lipinski definition) is 0. The van der Waals surface area contributed by atoms with Crippen LogP contribution in [0.2, 0.25) is 0 Å². The molecule has 0 aliphatic carbocycles. The molecular formula is C14H10BrClFN3. The fourth-order valence-electron chi connectivity index (χ4n) is 2.17. The zero-order chi connectivity index (χ0) is 14.3. The second-order valence-corrected chi connectivity index (χ2v) is 5.49. The zero-order valence-corrected chi connectivity index (χ0v) is 12.9. The van der Waals surface area contributed by atoms with E-state index < -0.39 is 0 Å². The average Bonchev–Trinajstić information content (AvgIpc) is 2.79. The summed E-state index contributed by atoms with van der Waals surface area (Å²) in [6.45, 7) is 1.94. The molecule has 20 heavy (non-hydrogen) atoms. The predicted molar refractivity (Wildman–Crippen MR) is 80.8 cm³/mol. The number of para-hydroxylation sites is 1. The van der Waals surface area contributed by atoms with E-state index in [0.29, 0.717) is 21.6 Å². The average molecular weight is 355 g/mol. The summed E-state index contributed by atoms with van der Waals surface area (Å²) in [5.41, 5.74) is 2.70. The molecule has 0 N–H and O–H groups in total. The maximum Gasteiger partial charge on any atom is 0.165 e. The summed E-state index contributed by atoms with van der Waals surface area (Å²) in [5, 5.41) is 0. The maximum atomic E-state index is 14.2. The van der Waals surface area contributed by atoms with Gasteiger partial charge in [0.2, 0.25) is 0 Å². The summed E-state index contributed by atoms with van der Waals surface area (Å²) >= 11 is 9.34. The molecule has 0 radical (unpaired) electrons. The number of pyridine rings is 1. The Labute approximate surface area is 128 Å². The standard InChI is InChI=1S/C14H10BrClFN3/c1-8-5-6-18-14-12(8)19-11(7-16)20(14)13-9(15)3-2-4-10(13)17/h2-6H,7H2,1H3. The minimum atomic E-state index is -0.353. The molecule has 2 heterocycles. The van der Waals surface area contributed by atoms with E-state index in [2.05, 4.69) is 25.9 Å². The third-order valence-corrected chi connectivity index (χ3v) is 3.98. The second kappa shape index (κ2) is 5.14. The number of imidazole rings is 1. The van der Waals surface area contributed by atoms with Crippen LogP contribution in [0.4, 0.5) is 4.39 Å². The number of aromatic nitrogens is 3. The Balaban J connectivity index is 2.44.